The number of phenols is 1. The smallest absolute Gasteiger partial charge is 0.410 e. The average Bonchev–Trinajstić information content (AvgIpc) is 3.49. The maximum absolute atomic E-state index is 15.7. The van der Waals surface area contributed by atoms with E-state index in [4.69, 9.17) is 10.00 Å². The van der Waals surface area contributed by atoms with E-state index in [1.807, 2.05) is 26.8 Å². The zero-order valence-electron chi connectivity index (χ0n) is 21.7. The molecule has 4 atom stereocenters. The van der Waals surface area contributed by atoms with E-state index in [2.05, 4.69) is 15.2 Å². The van der Waals surface area contributed by atoms with E-state index in [0.717, 1.165) is 6.42 Å². The van der Waals surface area contributed by atoms with Crippen molar-refractivity contribution >= 4 is 11.9 Å². The fourth-order valence-electron chi connectivity index (χ4n) is 5.34. The van der Waals surface area contributed by atoms with Crippen molar-refractivity contribution in [1.29, 1.82) is 5.26 Å². The number of amides is 1. The molecule has 4 heterocycles. The minimum absolute atomic E-state index is 0.0000227. The first-order chi connectivity index (χ1) is 18.1. The first-order valence-corrected chi connectivity index (χ1v) is 12.6. The van der Waals surface area contributed by atoms with Crippen molar-refractivity contribution in [1.82, 2.24) is 24.6 Å². The van der Waals surface area contributed by atoms with Gasteiger partial charge in [0.2, 0.25) is 0 Å². The maximum Gasteiger partial charge on any atom is 0.410 e. The average molecular weight is 520 g/mol. The third-order valence-corrected chi connectivity index (χ3v) is 7.16. The highest BCUT2D eigenvalue weighted by Crippen LogP contribution is 2.41. The van der Waals surface area contributed by atoms with Gasteiger partial charge in [0.05, 0.1) is 23.5 Å². The van der Waals surface area contributed by atoms with Gasteiger partial charge in [-0.3, -0.25) is 4.90 Å². The summed E-state index contributed by atoms with van der Waals surface area (Å²) in [5.41, 5.74) is 1.24. The predicted molar refractivity (Wildman–Crippen MR) is 138 cm³/mol. The van der Waals surface area contributed by atoms with Crippen LogP contribution in [0.4, 0.5) is 15.0 Å². The fourth-order valence-corrected chi connectivity index (χ4v) is 5.34. The van der Waals surface area contributed by atoms with Gasteiger partial charge in [0.25, 0.3) is 0 Å². The van der Waals surface area contributed by atoms with Crippen LogP contribution in [0.5, 0.6) is 5.75 Å². The molecule has 0 radical (unpaired) electrons. The predicted octanol–water partition coefficient (Wildman–Crippen LogP) is 4.22. The molecule has 2 fully saturated rings. The third-order valence-electron chi connectivity index (χ3n) is 7.16. The Balaban J connectivity index is 1.30. The molecule has 0 aliphatic carbocycles. The highest BCUT2D eigenvalue weighted by molar-refractivity contribution is 5.70. The van der Waals surface area contributed by atoms with Gasteiger partial charge in [-0.2, -0.15) is 5.26 Å². The van der Waals surface area contributed by atoms with E-state index in [1.165, 1.54) is 6.33 Å². The van der Waals surface area contributed by atoms with E-state index in [1.54, 1.807) is 57.9 Å². The number of benzene rings is 1. The van der Waals surface area contributed by atoms with Gasteiger partial charge < -0.3 is 19.3 Å². The third kappa shape index (κ3) is 4.74. The highest BCUT2D eigenvalue weighted by atomic mass is 19.1. The van der Waals surface area contributed by atoms with Crippen LogP contribution < -0.4 is 4.90 Å². The molecule has 0 spiro atoms. The fraction of sp³-hybridized carbons (Fsp3) is 0.444. The number of halogens is 1. The number of carbonyl (C=O) groups excluding carboxylic acids is 1. The Morgan fingerprint density at radius 2 is 2.03 bits per heavy atom. The largest absolute Gasteiger partial charge is 0.507 e. The molecule has 2 aromatic heterocycles. The van der Waals surface area contributed by atoms with Crippen molar-refractivity contribution < 1.29 is 19.0 Å². The van der Waals surface area contributed by atoms with Crippen LogP contribution in [0.1, 0.15) is 45.7 Å². The van der Waals surface area contributed by atoms with Crippen LogP contribution in [0.15, 0.2) is 42.9 Å². The van der Waals surface area contributed by atoms with Crippen LogP contribution in [-0.2, 0) is 4.74 Å². The lowest BCUT2D eigenvalue weighted by molar-refractivity contribution is -0.0104. The number of imidazole rings is 1. The van der Waals surface area contributed by atoms with Gasteiger partial charge >= 0.3 is 6.09 Å². The Hall–Kier alpha value is -4.20. The second-order valence-electron chi connectivity index (χ2n) is 10.8. The normalized spacial score (nSPS) is 22.7. The quantitative estimate of drug-likeness (QED) is 0.544. The van der Waals surface area contributed by atoms with Crippen LogP contribution in [0.2, 0.25) is 0 Å². The van der Waals surface area contributed by atoms with Crippen molar-refractivity contribution in [2.75, 3.05) is 11.9 Å². The lowest BCUT2D eigenvalue weighted by Crippen LogP contribution is -2.59. The molecule has 2 aliphatic rings. The minimum Gasteiger partial charge on any atom is -0.507 e. The number of hydrogen-bond donors (Lipinski definition) is 1. The first kappa shape index (κ1) is 25.4. The summed E-state index contributed by atoms with van der Waals surface area (Å²) in [6, 6.07) is 9.44. The molecule has 2 aliphatic heterocycles. The number of rotatable bonds is 4. The zero-order valence-corrected chi connectivity index (χ0v) is 21.7. The molecule has 5 rings (SSSR count). The number of hydrogen-bond acceptors (Lipinski definition) is 8. The van der Waals surface area contributed by atoms with E-state index in [0.29, 0.717) is 35.6 Å². The lowest BCUT2D eigenvalue weighted by Gasteiger charge is -2.44. The molecule has 0 unspecified atom stereocenters. The zero-order chi connectivity index (χ0) is 27.2. The highest BCUT2D eigenvalue weighted by Gasteiger charge is 2.52. The van der Waals surface area contributed by atoms with Crippen molar-refractivity contribution in [2.45, 2.75) is 69.9 Å². The molecule has 10 nitrogen and oxygen atoms in total. The number of phenolic OH excluding ortho intramolecular Hbond substituents is 1. The summed E-state index contributed by atoms with van der Waals surface area (Å²) in [6.45, 7) is 5.42. The molecular formula is C27H30FN7O3. The summed E-state index contributed by atoms with van der Waals surface area (Å²) in [4.78, 5) is 20.1. The Labute approximate surface area is 220 Å². The molecule has 1 aromatic carbocycles. The molecule has 0 saturated carbocycles. The summed E-state index contributed by atoms with van der Waals surface area (Å²) in [5, 5.41) is 28.2. The van der Waals surface area contributed by atoms with Gasteiger partial charge in [-0.15, -0.1) is 10.2 Å². The Bertz CT molecular complexity index is 1380. The molecule has 2 bridgehead atoms. The molecule has 11 heteroatoms. The van der Waals surface area contributed by atoms with Crippen LogP contribution >= 0.6 is 0 Å². The monoisotopic (exact) mass is 519 g/mol. The van der Waals surface area contributed by atoms with Crippen molar-refractivity contribution in [3.05, 3.63) is 48.5 Å². The topological polar surface area (TPSA) is 120 Å². The van der Waals surface area contributed by atoms with Crippen molar-refractivity contribution in [2.24, 2.45) is 0 Å². The molecule has 38 heavy (non-hydrogen) atoms. The van der Waals surface area contributed by atoms with Gasteiger partial charge in [-0.25, -0.2) is 14.2 Å². The van der Waals surface area contributed by atoms with Crippen molar-refractivity contribution in [3.8, 4) is 28.8 Å². The Morgan fingerprint density at radius 3 is 2.66 bits per heavy atom. The number of nitriles is 1. The van der Waals surface area contributed by atoms with Gasteiger partial charge in [-0.05, 0) is 64.3 Å². The summed E-state index contributed by atoms with van der Waals surface area (Å²) in [7, 11) is 1.79. The van der Waals surface area contributed by atoms with E-state index >= 15 is 4.39 Å². The van der Waals surface area contributed by atoms with Crippen LogP contribution in [0.3, 0.4) is 0 Å². The van der Waals surface area contributed by atoms with Gasteiger partial charge in [0.1, 0.15) is 29.9 Å². The summed E-state index contributed by atoms with van der Waals surface area (Å²) >= 11 is 0. The number of anilines is 1. The SMILES string of the molecule is CN(c1ccc(-c2ccc(-n3cnc(C#N)c3)cc2O)nn1)[C@@H]1C[C@H]2CC[C@@H]([C@@H]1F)N2C(=O)OC(C)(C)C. The number of piperidine rings is 1. The number of ether oxygens (including phenoxy) is 1. The Morgan fingerprint density at radius 1 is 1.24 bits per heavy atom. The number of aromatic nitrogens is 4. The second-order valence-corrected chi connectivity index (χ2v) is 10.8. The number of carbonyl (C=O) groups is 1. The van der Waals surface area contributed by atoms with Crippen molar-refractivity contribution in [3.63, 3.8) is 0 Å². The summed E-state index contributed by atoms with van der Waals surface area (Å²) in [5.74, 6) is 0.505. The molecule has 198 valence electrons. The standard InChI is InChI=1S/C27H30FN7O3/c1-27(2,3)38-26(37)35-18-6-9-21(35)25(28)22(11-18)33(4)24-10-8-20(31-32-24)19-7-5-17(12-23(19)36)34-14-16(13-29)30-15-34/h5,7-8,10,12,14-15,18,21-22,25,36H,6,9,11H2,1-4H3/t18-,21+,22-,25+/m1/s1. The van der Waals surface area contributed by atoms with Gasteiger partial charge in [0, 0.05) is 30.9 Å². The van der Waals surface area contributed by atoms with Crippen LogP contribution in [0, 0.1) is 11.3 Å². The lowest BCUT2D eigenvalue weighted by atomic mass is 9.94. The van der Waals surface area contributed by atoms with Gasteiger partial charge in [-0.1, -0.05) is 0 Å². The summed E-state index contributed by atoms with van der Waals surface area (Å²) in [6.07, 6.45) is 3.18. The van der Waals surface area contributed by atoms with E-state index in [-0.39, 0.29) is 17.5 Å². The minimum atomic E-state index is -1.26. The maximum atomic E-state index is 15.7. The molecule has 1 amide bonds. The molecule has 3 aromatic rings. The molecule has 2 saturated heterocycles. The first-order valence-electron chi connectivity index (χ1n) is 12.6. The number of aromatic hydroxyl groups is 1. The molecule has 1 N–H and O–H groups in total. The Kier molecular flexibility index (Phi) is 6.42. The molecular weight excluding hydrogens is 489 g/mol. The second kappa shape index (κ2) is 9.59. The number of fused-ring (bicyclic) bond motifs is 2. The summed E-state index contributed by atoms with van der Waals surface area (Å²) < 4.78 is 22.9. The van der Waals surface area contributed by atoms with Crippen LogP contribution in [-0.4, -0.2) is 72.8 Å². The van der Waals surface area contributed by atoms with E-state index < -0.39 is 29.9 Å². The number of alkyl halides is 1. The van der Waals surface area contributed by atoms with E-state index in [9.17, 15) is 9.90 Å². The van der Waals surface area contributed by atoms with Crippen LogP contribution in [0.25, 0.3) is 16.9 Å². The number of nitrogens with zero attached hydrogens (tertiary/aromatic N) is 7. The van der Waals surface area contributed by atoms with Gasteiger partial charge in [0.15, 0.2) is 11.5 Å².